The van der Waals surface area contributed by atoms with Crippen LogP contribution in [0.25, 0.3) is 0 Å². The summed E-state index contributed by atoms with van der Waals surface area (Å²) in [5, 5.41) is 4.30. The molecule has 0 aliphatic rings. The van der Waals surface area contributed by atoms with Gasteiger partial charge in [0, 0.05) is 24.3 Å². The lowest BCUT2D eigenvalue weighted by molar-refractivity contribution is 0.433. The van der Waals surface area contributed by atoms with Gasteiger partial charge in [-0.05, 0) is 38.3 Å². The Hall–Kier alpha value is -1.82. The summed E-state index contributed by atoms with van der Waals surface area (Å²) in [7, 11) is 1.85. The monoisotopic (exact) mass is 297 g/mol. The van der Waals surface area contributed by atoms with Crippen molar-refractivity contribution in [2.75, 3.05) is 0 Å². The van der Waals surface area contributed by atoms with Crippen molar-refractivity contribution >= 4 is 0 Å². The molecule has 1 unspecified atom stereocenters. The normalized spacial score (nSPS) is 12.7. The highest BCUT2D eigenvalue weighted by molar-refractivity contribution is 5.27. The first-order valence-electron chi connectivity index (χ1n) is 6.71. The number of benzene rings is 1. The molecule has 0 aliphatic carbocycles. The number of nitrogens with zero attached hydrogens (tertiary/aromatic N) is 2. The molecule has 21 heavy (non-hydrogen) atoms. The van der Waals surface area contributed by atoms with E-state index in [0.29, 0.717) is 12.8 Å². The Morgan fingerprint density at radius 2 is 1.86 bits per heavy atom. The second kappa shape index (κ2) is 5.89. The quantitative estimate of drug-likeness (QED) is 0.881. The van der Waals surface area contributed by atoms with Crippen LogP contribution in [0.1, 0.15) is 35.0 Å². The highest BCUT2D eigenvalue weighted by atomic mass is 19.2. The van der Waals surface area contributed by atoms with Crippen molar-refractivity contribution in [1.82, 2.24) is 9.78 Å². The average Bonchev–Trinajstić information content (AvgIpc) is 2.67. The van der Waals surface area contributed by atoms with Crippen molar-refractivity contribution < 1.29 is 13.2 Å². The Morgan fingerprint density at radius 1 is 1.19 bits per heavy atom. The van der Waals surface area contributed by atoms with Gasteiger partial charge in [0.15, 0.2) is 17.5 Å². The highest BCUT2D eigenvalue weighted by Crippen LogP contribution is 2.24. The van der Waals surface area contributed by atoms with Crippen LogP contribution < -0.4 is 5.73 Å². The molecule has 0 fully saturated rings. The predicted octanol–water partition coefficient (Wildman–Crippen LogP) is 3.09. The van der Waals surface area contributed by atoms with Gasteiger partial charge in [-0.1, -0.05) is 6.07 Å². The number of hydrogen-bond donors (Lipinski definition) is 1. The number of hydrogen-bond acceptors (Lipinski definition) is 2. The summed E-state index contributed by atoms with van der Waals surface area (Å²) in [5.74, 6) is -3.89. The standard InChI is InChI=1S/C15H18F3N3/c1-8-10(9(2)21(3)20-8)5-7-13(19)11-4-6-12(16)15(18)14(11)17/h4,6,13H,5,7,19H2,1-3H3. The van der Waals surface area contributed by atoms with E-state index in [4.69, 9.17) is 5.73 Å². The maximum Gasteiger partial charge on any atom is 0.194 e. The molecule has 0 amide bonds. The lowest BCUT2D eigenvalue weighted by Crippen LogP contribution is -2.15. The molecule has 1 atom stereocenters. The summed E-state index contributed by atoms with van der Waals surface area (Å²) in [6, 6.07) is 1.40. The second-order valence-electron chi connectivity index (χ2n) is 5.18. The van der Waals surface area contributed by atoms with Gasteiger partial charge in [-0.15, -0.1) is 0 Å². The van der Waals surface area contributed by atoms with Crippen molar-refractivity contribution in [3.05, 3.63) is 52.1 Å². The third-order valence-electron chi connectivity index (χ3n) is 3.83. The fraction of sp³-hybridized carbons (Fsp3) is 0.400. The van der Waals surface area contributed by atoms with Gasteiger partial charge in [-0.25, -0.2) is 13.2 Å². The van der Waals surface area contributed by atoms with Gasteiger partial charge in [0.25, 0.3) is 0 Å². The molecule has 2 rings (SSSR count). The molecule has 0 bridgehead atoms. The molecule has 0 aliphatic heterocycles. The maximum absolute atomic E-state index is 13.7. The molecule has 2 aromatic rings. The van der Waals surface area contributed by atoms with Crippen LogP contribution in [0, 0.1) is 31.3 Å². The maximum atomic E-state index is 13.7. The molecule has 0 radical (unpaired) electrons. The van der Waals surface area contributed by atoms with Gasteiger partial charge in [-0.2, -0.15) is 5.10 Å². The molecule has 1 heterocycles. The number of rotatable bonds is 4. The van der Waals surface area contributed by atoms with Gasteiger partial charge < -0.3 is 5.73 Å². The molecule has 1 aromatic carbocycles. The summed E-state index contributed by atoms with van der Waals surface area (Å²) < 4.78 is 41.6. The van der Waals surface area contributed by atoms with E-state index >= 15 is 0 Å². The molecule has 114 valence electrons. The van der Waals surface area contributed by atoms with Crippen LogP contribution in [0.3, 0.4) is 0 Å². The molecule has 6 heteroatoms. The van der Waals surface area contributed by atoms with E-state index in [0.717, 1.165) is 23.0 Å². The number of aromatic nitrogens is 2. The van der Waals surface area contributed by atoms with Gasteiger partial charge in [0.05, 0.1) is 5.69 Å². The number of halogens is 3. The minimum Gasteiger partial charge on any atom is -0.324 e. The van der Waals surface area contributed by atoms with E-state index < -0.39 is 23.5 Å². The van der Waals surface area contributed by atoms with Crippen LogP contribution in [0.4, 0.5) is 13.2 Å². The van der Waals surface area contributed by atoms with E-state index in [-0.39, 0.29) is 5.56 Å². The molecular weight excluding hydrogens is 279 g/mol. The Morgan fingerprint density at radius 3 is 2.43 bits per heavy atom. The third-order valence-corrected chi connectivity index (χ3v) is 3.83. The molecule has 1 aromatic heterocycles. The third kappa shape index (κ3) is 2.95. The summed E-state index contributed by atoms with van der Waals surface area (Å²) >= 11 is 0. The topological polar surface area (TPSA) is 43.8 Å². The molecule has 0 saturated carbocycles. The van der Waals surface area contributed by atoms with Crippen molar-refractivity contribution in [2.24, 2.45) is 12.8 Å². The minimum absolute atomic E-state index is 0.00639. The first-order valence-corrected chi connectivity index (χ1v) is 6.71. The SMILES string of the molecule is Cc1nn(C)c(C)c1CCC(N)c1ccc(F)c(F)c1F. The molecule has 0 saturated heterocycles. The fourth-order valence-corrected chi connectivity index (χ4v) is 2.46. The van der Waals surface area contributed by atoms with Gasteiger partial charge >= 0.3 is 0 Å². The first-order chi connectivity index (χ1) is 9.82. The Labute approximate surface area is 121 Å². The zero-order chi connectivity index (χ0) is 15.7. The van der Waals surface area contributed by atoms with E-state index in [1.165, 1.54) is 6.07 Å². The Kier molecular flexibility index (Phi) is 4.37. The van der Waals surface area contributed by atoms with Crippen molar-refractivity contribution in [3.63, 3.8) is 0 Å². The van der Waals surface area contributed by atoms with Crippen molar-refractivity contribution in [2.45, 2.75) is 32.7 Å². The van der Waals surface area contributed by atoms with Crippen LogP contribution >= 0.6 is 0 Å². The second-order valence-corrected chi connectivity index (χ2v) is 5.18. The Bertz CT molecular complexity index is 665. The molecule has 2 N–H and O–H groups in total. The highest BCUT2D eigenvalue weighted by Gasteiger charge is 2.19. The number of nitrogens with two attached hydrogens (primary N) is 1. The van der Waals surface area contributed by atoms with Crippen LogP contribution in [-0.2, 0) is 13.5 Å². The zero-order valence-electron chi connectivity index (χ0n) is 12.3. The van der Waals surface area contributed by atoms with Crippen molar-refractivity contribution in [3.8, 4) is 0 Å². The van der Waals surface area contributed by atoms with E-state index in [1.807, 2.05) is 20.9 Å². The summed E-state index contributed by atoms with van der Waals surface area (Å²) in [5.41, 5.74) is 8.87. The van der Waals surface area contributed by atoms with Gasteiger partial charge in [0.1, 0.15) is 0 Å². The first kappa shape index (κ1) is 15.6. The number of aryl methyl sites for hydroxylation is 2. The van der Waals surface area contributed by atoms with E-state index in [9.17, 15) is 13.2 Å². The van der Waals surface area contributed by atoms with Crippen LogP contribution in [0.15, 0.2) is 12.1 Å². The van der Waals surface area contributed by atoms with E-state index in [1.54, 1.807) is 4.68 Å². The minimum atomic E-state index is -1.48. The van der Waals surface area contributed by atoms with Crippen molar-refractivity contribution in [1.29, 1.82) is 0 Å². The molecular formula is C15H18F3N3. The summed E-state index contributed by atoms with van der Waals surface area (Å²) in [6.45, 7) is 3.84. The predicted molar refractivity (Wildman–Crippen MR) is 74.2 cm³/mol. The smallest absolute Gasteiger partial charge is 0.194 e. The van der Waals surface area contributed by atoms with E-state index in [2.05, 4.69) is 5.10 Å². The molecule has 0 spiro atoms. The molecule has 3 nitrogen and oxygen atoms in total. The lowest BCUT2D eigenvalue weighted by Gasteiger charge is -2.13. The van der Waals surface area contributed by atoms with Crippen LogP contribution in [-0.4, -0.2) is 9.78 Å². The van der Waals surface area contributed by atoms with Gasteiger partial charge in [-0.3, -0.25) is 4.68 Å². The largest absolute Gasteiger partial charge is 0.324 e. The lowest BCUT2D eigenvalue weighted by atomic mass is 9.98. The van der Waals surface area contributed by atoms with Crippen LogP contribution in [0.5, 0.6) is 0 Å². The summed E-state index contributed by atoms with van der Waals surface area (Å²) in [4.78, 5) is 0. The zero-order valence-corrected chi connectivity index (χ0v) is 12.3. The fourth-order valence-electron chi connectivity index (χ4n) is 2.46. The average molecular weight is 297 g/mol. The summed E-state index contributed by atoms with van der Waals surface area (Å²) in [6.07, 6.45) is 1.03. The van der Waals surface area contributed by atoms with Gasteiger partial charge in [0.2, 0.25) is 0 Å². The Balaban J connectivity index is 2.16. The van der Waals surface area contributed by atoms with Crippen LogP contribution in [0.2, 0.25) is 0 Å².